The van der Waals surface area contributed by atoms with E-state index in [0.717, 1.165) is 22.4 Å². The molecule has 4 heteroatoms. The summed E-state index contributed by atoms with van der Waals surface area (Å²) in [7, 11) is 0. The van der Waals surface area contributed by atoms with Gasteiger partial charge in [-0.15, -0.1) is 0 Å². The number of halogens is 2. The van der Waals surface area contributed by atoms with Crippen LogP contribution in [0, 0.1) is 0 Å². The van der Waals surface area contributed by atoms with Crippen LogP contribution >= 0.6 is 23.2 Å². The van der Waals surface area contributed by atoms with E-state index in [9.17, 15) is 5.11 Å². The van der Waals surface area contributed by atoms with Crippen molar-refractivity contribution in [2.24, 2.45) is 0 Å². The van der Waals surface area contributed by atoms with Gasteiger partial charge in [0.25, 0.3) is 0 Å². The number of aliphatic hydroxyl groups excluding tert-OH is 1. The Morgan fingerprint density at radius 2 is 1.90 bits per heavy atom. The number of aliphatic hydroxyl groups is 1. The lowest BCUT2D eigenvalue weighted by Gasteiger charge is -2.25. The molecular formula is C16H12Cl2O2. The molecule has 1 N–H and O–H groups in total. The van der Waals surface area contributed by atoms with Gasteiger partial charge in [0.2, 0.25) is 0 Å². The monoisotopic (exact) mass is 306 g/mol. The van der Waals surface area contributed by atoms with E-state index in [1.165, 1.54) is 0 Å². The average Bonchev–Trinajstić information content (AvgIpc) is 2.46. The topological polar surface area (TPSA) is 29.5 Å². The van der Waals surface area contributed by atoms with Gasteiger partial charge in [-0.2, -0.15) is 0 Å². The maximum absolute atomic E-state index is 10.4. The molecule has 0 saturated heterocycles. The first-order valence-corrected chi connectivity index (χ1v) is 6.96. The first-order valence-electron chi connectivity index (χ1n) is 6.20. The maximum atomic E-state index is 10.4. The Morgan fingerprint density at radius 3 is 2.70 bits per heavy atom. The summed E-state index contributed by atoms with van der Waals surface area (Å²) in [5, 5.41) is 11.4. The van der Waals surface area contributed by atoms with Crippen molar-refractivity contribution in [2.75, 3.05) is 6.61 Å². The van der Waals surface area contributed by atoms with Crippen LogP contribution in [0.5, 0.6) is 5.75 Å². The molecule has 1 heterocycles. The number of fused-ring (bicyclic) bond motifs is 1. The highest BCUT2D eigenvalue weighted by Gasteiger charge is 2.23. The zero-order valence-corrected chi connectivity index (χ0v) is 12.0. The van der Waals surface area contributed by atoms with E-state index in [4.69, 9.17) is 27.9 Å². The van der Waals surface area contributed by atoms with Crippen LogP contribution in [0.25, 0.3) is 6.08 Å². The Bertz CT molecular complexity index is 680. The summed E-state index contributed by atoms with van der Waals surface area (Å²) in [6.07, 6.45) is 1.22. The molecule has 0 bridgehead atoms. The highest BCUT2D eigenvalue weighted by molar-refractivity contribution is 6.42. The van der Waals surface area contributed by atoms with Gasteiger partial charge in [0.05, 0.1) is 10.0 Å². The van der Waals surface area contributed by atoms with Crippen molar-refractivity contribution in [2.45, 2.75) is 6.10 Å². The molecule has 102 valence electrons. The van der Waals surface area contributed by atoms with Crippen molar-refractivity contribution in [1.29, 1.82) is 0 Å². The molecule has 0 aromatic heterocycles. The lowest BCUT2D eigenvalue weighted by atomic mass is 9.97. The van der Waals surface area contributed by atoms with E-state index in [1.54, 1.807) is 12.1 Å². The second kappa shape index (κ2) is 5.49. The standard InChI is InChI=1S/C16H12Cl2O2/c17-13-6-5-10(8-14(13)18)7-11-9-20-15-4-2-1-3-12(15)16(11)19/h1-8,16,19H,9H2/b11-7+/t16-/m1/s1. The molecule has 2 nitrogen and oxygen atoms in total. The fourth-order valence-electron chi connectivity index (χ4n) is 2.21. The van der Waals surface area contributed by atoms with Crippen LogP contribution in [0.3, 0.4) is 0 Å². The summed E-state index contributed by atoms with van der Waals surface area (Å²) in [6.45, 7) is 0.360. The second-order valence-corrected chi connectivity index (χ2v) is 5.44. The smallest absolute Gasteiger partial charge is 0.125 e. The minimum atomic E-state index is -0.658. The van der Waals surface area contributed by atoms with Gasteiger partial charge in [0.1, 0.15) is 18.5 Å². The number of para-hydroxylation sites is 1. The lowest BCUT2D eigenvalue weighted by Crippen LogP contribution is -2.17. The Hall–Kier alpha value is -1.48. The molecule has 2 aromatic carbocycles. The van der Waals surface area contributed by atoms with Gasteiger partial charge in [-0.05, 0) is 29.8 Å². The quantitative estimate of drug-likeness (QED) is 0.840. The Labute approximate surface area is 127 Å². The number of benzene rings is 2. The molecule has 1 atom stereocenters. The highest BCUT2D eigenvalue weighted by atomic mass is 35.5. The first kappa shape index (κ1) is 13.5. The lowest BCUT2D eigenvalue weighted by molar-refractivity contribution is 0.172. The van der Waals surface area contributed by atoms with Gasteiger partial charge in [0, 0.05) is 11.1 Å². The summed E-state index contributed by atoms with van der Waals surface area (Å²) >= 11 is 11.9. The molecule has 1 aliphatic rings. The van der Waals surface area contributed by atoms with Crippen molar-refractivity contribution in [3.8, 4) is 5.75 Å². The fourth-order valence-corrected chi connectivity index (χ4v) is 2.52. The zero-order valence-electron chi connectivity index (χ0n) is 10.5. The van der Waals surface area contributed by atoms with Crippen molar-refractivity contribution in [1.82, 2.24) is 0 Å². The van der Waals surface area contributed by atoms with Gasteiger partial charge < -0.3 is 9.84 Å². The molecule has 0 unspecified atom stereocenters. The van der Waals surface area contributed by atoms with Gasteiger partial charge in [-0.25, -0.2) is 0 Å². The third-order valence-electron chi connectivity index (χ3n) is 3.25. The summed E-state index contributed by atoms with van der Waals surface area (Å²) in [5.74, 6) is 0.728. The molecule has 3 rings (SSSR count). The van der Waals surface area contributed by atoms with E-state index in [2.05, 4.69) is 0 Å². The van der Waals surface area contributed by atoms with Crippen molar-refractivity contribution < 1.29 is 9.84 Å². The third kappa shape index (κ3) is 2.55. The van der Waals surface area contributed by atoms with Crippen molar-refractivity contribution >= 4 is 29.3 Å². The predicted molar refractivity (Wildman–Crippen MR) is 81.3 cm³/mol. The molecular weight excluding hydrogens is 295 g/mol. The van der Waals surface area contributed by atoms with Crippen molar-refractivity contribution in [3.63, 3.8) is 0 Å². The van der Waals surface area contributed by atoms with Gasteiger partial charge >= 0.3 is 0 Å². The van der Waals surface area contributed by atoms with Gasteiger partial charge in [0.15, 0.2) is 0 Å². The number of hydrogen-bond acceptors (Lipinski definition) is 2. The molecule has 0 radical (unpaired) electrons. The molecule has 0 amide bonds. The zero-order chi connectivity index (χ0) is 14.1. The minimum absolute atomic E-state index is 0.360. The molecule has 0 saturated carbocycles. The van der Waals surface area contributed by atoms with E-state index in [0.29, 0.717) is 16.7 Å². The van der Waals surface area contributed by atoms with E-state index >= 15 is 0 Å². The number of hydrogen-bond donors (Lipinski definition) is 1. The summed E-state index contributed by atoms with van der Waals surface area (Å²) in [4.78, 5) is 0. The summed E-state index contributed by atoms with van der Waals surface area (Å²) in [5.41, 5.74) is 2.46. The summed E-state index contributed by atoms with van der Waals surface area (Å²) < 4.78 is 5.65. The maximum Gasteiger partial charge on any atom is 0.125 e. The number of rotatable bonds is 1. The van der Waals surface area contributed by atoms with Crippen LogP contribution in [0.4, 0.5) is 0 Å². The van der Waals surface area contributed by atoms with Crippen LogP contribution in [0.2, 0.25) is 10.0 Å². The molecule has 1 aliphatic heterocycles. The van der Waals surface area contributed by atoms with Crippen molar-refractivity contribution in [3.05, 3.63) is 69.2 Å². The molecule has 0 spiro atoms. The van der Waals surface area contributed by atoms with E-state index in [1.807, 2.05) is 36.4 Å². The summed E-state index contributed by atoms with van der Waals surface area (Å²) in [6, 6.07) is 12.8. The Kier molecular flexibility index (Phi) is 3.70. The van der Waals surface area contributed by atoms with Crippen LogP contribution in [-0.4, -0.2) is 11.7 Å². The molecule has 0 aliphatic carbocycles. The SMILES string of the molecule is O[C@@H]1/C(=C/c2ccc(Cl)c(Cl)c2)COc2ccccc21. The minimum Gasteiger partial charge on any atom is -0.489 e. The number of ether oxygens (including phenoxy) is 1. The first-order chi connectivity index (χ1) is 9.65. The normalized spacial score (nSPS) is 19.6. The molecule has 20 heavy (non-hydrogen) atoms. The van der Waals surface area contributed by atoms with E-state index in [-0.39, 0.29) is 0 Å². The Morgan fingerprint density at radius 1 is 1.10 bits per heavy atom. The largest absolute Gasteiger partial charge is 0.489 e. The van der Waals surface area contributed by atoms with E-state index < -0.39 is 6.10 Å². The van der Waals surface area contributed by atoms with Gasteiger partial charge in [-0.1, -0.05) is 47.5 Å². The molecule has 0 fully saturated rings. The van der Waals surface area contributed by atoms with Crippen LogP contribution in [-0.2, 0) is 0 Å². The third-order valence-corrected chi connectivity index (χ3v) is 3.99. The molecule has 2 aromatic rings. The van der Waals surface area contributed by atoms with Crippen LogP contribution in [0.1, 0.15) is 17.2 Å². The second-order valence-electron chi connectivity index (χ2n) is 4.62. The van der Waals surface area contributed by atoms with Crippen LogP contribution < -0.4 is 4.74 Å². The fraction of sp³-hybridized carbons (Fsp3) is 0.125. The Balaban J connectivity index is 1.95. The average molecular weight is 307 g/mol. The van der Waals surface area contributed by atoms with Crippen LogP contribution in [0.15, 0.2) is 48.0 Å². The predicted octanol–water partition coefficient (Wildman–Crippen LogP) is 4.50. The van der Waals surface area contributed by atoms with Gasteiger partial charge in [-0.3, -0.25) is 0 Å². The highest BCUT2D eigenvalue weighted by Crippen LogP contribution is 2.35.